The molecule has 0 spiro atoms. The smallest absolute Gasteiger partial charge is 0.134 e. The van der Waals surface area contributed by atoms with E-state index in [0.29, 0.717) is 6.42 Å². The van der Waals surface area contributed by atoms with E-state index in [1.54, 1.807) is 12.3 Å². The molecular weight excluding hydrogens is 253 g/mol. The van der Waals surface area contributed by atoms with Crippen molar-refractivity contribution in [1.82, 2.24) is 5.32 Å². The average Bonchev–Trinajstić information content (AvgIpc) is 2.89. The van der Waals surface area contributed by atoms with Crippen molar-refractivity contribution in [1.29, 1.82) is 0 Å². The fraction of sp³-hybridized carbons (Fsp3) is 0.176. The molecule has 1 heterocycles. The highest BCUT2D eigenvalue weighted by molar-refractivity contribution is 5.80. The lowest BCUT2D eigenvalue weighted by atomic mass is 10.1. The van der Waals surface area contributed by atoms with Crippen molar-refractivity contribution in [3.05, 3.63) is 71.7 Å². The van der Waals surface area contributed by atoms with Gasteiger partial charge in [-0.15, -0.1) is 0 Å². The normalized spacial score (nSPS) is 11.1. The number of hydrogen-bond acceptors (Lipinski definition) is 2. The van der Waals surface area contributed by atoms with Gasteiger partial charge in [0.15, 0.2) is 0 Å². The van der Waals surface area contributed by atoms with Crippen LogP contribution in [0, 0.1) is 5.82 Å². The minimum atomic E-state index is -0.136. The Hall–Kier alpha value is -2.13. The van der Waals surface area contributed by atoms with Crippen molar-refractivity contribution >= 4 is 11.0 Å². The summed E-state index contributed by atoms with van der Waals surface area (Å²) in [5.41, 5.74) is 2.78. The van der Waals surface area contributed by atoms with Gasteiger partial charge in [0.05, 0.1) is 6.26 Å². The molecule has 3 rings (SSSR count). The Morgan fingerprint density at radius 3 is 2.65 bits per heavy atom. The quantitative estimate of drug-likeness (QED) is 0.710. The highest BCUT2D eigenvalue weighted by Crippen LogP contribution is 2.20. The molecule has 2 aromatic carbocycles. The second-order valence-corrected chi connectivity index (χ2v) is 4.78. The Morgan fingerprint density at radius 2 is 1.75 bits per heavy atom. The topological polar surface area (TPSA) is 25.2 Å². The van der Waals surface area contributed by atoms with Crippen molar-refractivity contribution in [2.45, 2.75) is 13.0 Å². The van der Waals surface area contributed by atoms with Gasteiger partial charge in [0.25, 0.3) is 0 Å². The van der Waals surface area contributed by atoms with E-state index in [1.165, 1.54) is 6.07 Å². The lowest BCUT2D eigenvalue weighted by Gasteiger charge is -2.05. The maximum absolute atomic E-state index is 13.5. The summed E-state index contributed by atoms with van der Waals surface area (Å²) in [5, 5.41) is 4.46. The zero-order valence-electron chi connectivity index (χ0n) is 11.1. The van der Waals surface area contributed by atoms with E-state index < -0.39 is 0 Å². The number of furan rings is 1. The molecule has 0 unspecified atom stereocenters. The van der Waals surface area contributed by atoms with Gasteiger partial charge < -0.3 is 9.73 Å². The zero-order chi connectivity index (χ0) is 13.8. The van der Waals surface area contributed by atoms with Crippen LogP contribution < -0.4 is 5.32 Å². The maximum atomic E-state index is 13.5. The predicted molar refractivity (Wildman–Crippen MR) is 78.0 cm³/mol. The van der Waals surface area contributed by atoms with Crippen molar-refractivity contribution in [3.63, 3.8) is 0 Å². The molecule has 3 heteroatoms. The number of fused-ring (bicyclic) bond motifs is 1. The Morgan fingerprint density at radius 1 is 0.950 bits per heavy atom. The van der Waals surface area contributed by atoms with Crippen LogP contribution in [0.5, 0.6) is 0 Å². The molecule has 20 heavy (non-hydrogen) atoms. The number of rotatable bonds is 5. The SMILES string of the molecule is Fc1ccccc1CCNCc1coc2ccccc12. The first kappa shape index (κ1) is 12.9. The molecule has 0 saturated heterocycles. The van der Waals surface area contributed by atoms with Gasteiger partial charge in [0, 0.05) is 17.5 Å². The first-order valence-electron chi connectivity index (χ1n) is 6.74. The average molecular weight is 269 g/mol. The fourth-order valence-electron chi connectivity index (χ4n) is 2.32. The van der Waals surface area contributed by atoms with E-state index in [9.17, 15) is 4.39 Å². The van der Waals surface area contributed by atoms with E-state index in [2.05, 4.69) is 5.32 Å². The number of nitrogens with one attached hydrogen (secondary N) is 1. The monoisotopic (exact) mass is 269 g/mol. The molecule has 0 fully saturated rings. The second kappa shape index (κ2) is 5.88. The molecule has 0 bridgehead atoms. The van der Waals surface area contributed by atoms with E-state index in [1.807, 2.05) is 36.4 Å². The van der Waals surface area contributed by atoms with E-state index >= 15 is 0 Å². The Kier molecular flexibility index (Phi) is 3.79. The Labute approximate surface area is 117 Å². The molecule has 0 atom stereocenters. The summed E-state index contributed by atoms with van der Waals surface area (Å²) < 4.78 is 18.9. The van der Waals surface area contributed by atoms with Gasteiger partial charge in [0.2, 0.25) is 0 Å². The molecule has 1 N–H and O–H groups in total. The number of para-hydroxylation sites is 1. The van der Waals surface area contributed by atoms with Crippen LogP contribution in [0.25, 0.3) is 11.0 Å². The van der Waals surface area contributed by atoms with Gasteiger partial charge in [-0.05, 0) is 30.7 Å². The van der Waals surface area contributed by atoms with Crippen LogP contribution in [0.1, 0.15) is 11.1 Å². The summed E-state index contributed by atoms with van der Waals surface area (Å²) in [5.74, 6) is -0.136. The van der Waals surface area contributed by atoms with Crippen LogP contribution in [0.4, 0.5) is 4.39 Å². The van der Waals surface area contributed by atoms with Gasteiger partial charge in [-0.1, -0.05) is 36.4 Å². The zero-order valence-corrected chi connectivity index (χ0v) is 11.1. The van der Waals surface area contributed by atoms with Gasteiger partial charge in [-0.2, -0.15) is 0 Å². The van der Waals surface area contributed by atoms with Crippen molar-refractivity contribution in [2.75, 3.05) is 6.54 Å². The molecule has 0 aliphatic heterocycles. The molecule has 0 radical (unpaired) electrons. The third-order valence-electron chi connectivity index (χ3n) is 3.41. The maximum Gasteiger partial charge on any atom is 0.134 e. The first-order valence-corrected chi connectivity index (χ1v) is 6.74. The number of benzene rings is 2. The van der Waals surface area contributed by atoms with E-state index in [-0.39, 0.29) is 5.82 Å². The molecule has 3 aromatic rings. The van der Waals surface area contributed by atoms with Gasteiger partial charge in [-0.25, -0.2) is 4.39 Å². The Bertz CT molecular complexity index is 705. The van der Waals surface area contributed by atoms with Crippen molar-refractivity contribution in [3.8, 4) is 0 Å². The van der Waals surface area contributed by atoms with E-state index in [4.69, 9.17) is 4.42 Å². The van der Waals surface area contributed by atoms with Gasteiger partial charge in [0.1, 0.15) is 11.4 Å². The fourth-order valence-corrected chi connectivity index (χ4v) is 2.32. The minimum Gasteiger partial charge on any atom is -0.464 e. The van der Waals surface area contributed by atoms with Crippen LogP contribution in [-0.4, -0.2) is 6.54 Å². The molecule has 102 valence electrons. The largest absolute Gasteiger partial charge is 0.464 e. The number of hydrogen-bond donors (Lipinski definition) is 1. The summed E-state index contributed by atoms with van der Waals surface area (Å²) in [4.78, 5) is 0. The lowest BCUT2D eigenvalue weighted by Crippen LogP contribution is -2.16. The summed E-state index contributed by atoms with van der Waals surface area (Å²) in [7, 11) is 0. The third-order valence-corrected chi connectivity index (χ3v) is 3.41. The molecule has 0 amide bonds. The van der Waals surface area contributed by atoms with Crippen LogP contribution in [-0.2, 0) is 13.0 Å². The van der Waals surface area contributed by atoms with E-state index in [0.717, 1.165) is 35.2 Å². The molecule has 0 saturated carbocycles. The predicted octanol–water partition coefficient (Wildman–Crippen LogP) is 3.90. The minimum absolute atomic E-state index is 0.136. The summed E-state index contributed by atoms with van der Waals surface area (Å²) >= 11 is 0. The summed E-state index contributed by atoms with van der Waals surface area (Å²) in [6, 6.07) is 14.9. The highest BCUT2D eigenvalue weighted by Gasteiger charge is 2.04. The Balaban J connectivity index is 1.57. The molecule has 2 nitrogen and oxygen atoms in total. The highest BCUT2D eigenvalue weighted by atomic mass is 19.1. The lowest BCUT2D eigenvalue weighted by molar-refractivity contribution is 0.590. The summed E-state index contributed by atoms with van der Waals surface area (Å²) in [6.07, 6.45) is 2.46. The van der Waals surface area contributed by atoms with Gasteiger partial charge >= 0.3 is 0 Å². The second-order valence-electron chi connectivity index (χ2n) is 4.78. The summed E-state index contributed by atoms with van der Waals surface area (Å²) in [6.45, 7) is 1.46. The van der Waals surface area contributed by atoms with Crippen LogP contribution in [0.2, 0.25) is 0 Å². The van der Waals surface area contributed by atoms with Crippen LogP contribution >= 0.6 is 0 Å². The third kappa shape index (κ3) is 2.73. The molecule has 0 aliphatic rings. The number of halogens is 1. The van der Waals surface area contributed by atoms with Crippen LogP contribution in [0.3, 0.4) is 0 Å². The van der Waals surface area contributed by atoms with Crippen LogP contribution in [0.15, 0.2) is 59.2 Å². The molecule has 1 aromatic heterocycles. The molecular formula is C17H16FNO. The standard InChI is InChI=1S/C17H16FNO/c18-16-7-3-1-5-13(16)9-10-19-11-14-12-20-17-8-4-2-6-15(14)17/h1-8,12,19H,9-11H2. The van der Waals surface area contributed by atoms with Gasteiger partial charge in [-0.3, -0.25) is 0 Å². The molecule has 0 aliphatic carbocycles. The van der Waals surface area contributed by atoms with Crippen molar-refractivity contribution in [2.24, 2.45) is 0 Å². The first-order chi connectivity index (χ1) is 9.84. The van der Waals surface area contributed by atoms with Crippen molar-refractivity contribution < 1.29 is 8.81 Å².